The highest BCUT2D eigenvalue weighted by atomic mass is 35.5. The Morgan fingerprint density at radius 2 is 1.62 bits per heavy atom. The van der Waals surface area contributed by atoms with Crippen LogP contribution in [0.1, 0.15) is 11.5 Å². The number of benzene rings is 1. The number of nitrogens with zero attached hydrogens (tertiary/aromatic N) is 1. The number of ether oxygens (including phenoxy) is 3. The van der Waals surface area contributed by atoms with E-state index in [9.17, 15) is 9.59 Å². The Kier molecular flexibility index (Phi) is 7.08. The van der Waals surface area contributed by atoms with Crippen LogP contribution in [0.4, 0.5) is 0 Å². The quantitative estimate of drug-likeness (QED) is 0.684. The number of halogens is 2. The summed E-state index contributed by atoms with van der Waals surface area (Å²) in [7, 11) is 4.11. The van der Waals surface area contributed by atoms with Crippen molar-refractivity contribution in [2.45, 2.75) is 5.92 Å². The molecule has 0 atom stereocenters. The van der Waals surface area contributed by atoms with E-state index in [1.165, 1.54) is 14.2 Å². The molecule has 0 aromatic heterocycles. The highest BCUT2D eigenvalue weighted by Gasteiger charge is 2.36. The fourth-order valence-corrected chi connectivity index (χ4v) is 3.11. The van der Waals surface area contributed by atoms with Crippen LogP contribution in [0.3, 0.4) is 0 Å². The predicted molar refractivity (Wildman–Crippen MR) is 98.0 cm³/mol. The second-order valence-electron chi connectivity index (χ2n) is 5.46. The molecule has 0 bridgehead atoms. The Bertz CT molecular complexity index is 726. The van der Waals surface area contributed by atoms with Gasteiger partial charge in [0.2, 0.25) is 0 Å². The Morgan fingerprint density at radius 1 is 1.04 bits per heavy atom. The second kappa shape index (κ2) is 9.07. The number of rotatable bonds is 6. The Hall–Kier alpha value is -2.02. The fraction of sp³-hybridized carbons (Fsp3) is 0.333. The molecule has 140 valence electrons. The summed E-state index contributed by atoms with van der Waals surface area (Å²) < 4.78 is 14.9. The number of hydrogen-bond donors (Lipinski definition) is 0. The zero-order valence-corrected chi connectivity index (χ0v) is 16.1. The third-order valence-electron chi connectivity index (χ3n) is 3.92. The highest BCUT2D eigenvalue weighted by Crippen LogP contribution is 2.41. The zero-order chi connectivity index (χ0) is 19.3. The van der Waals surface area contributed by atoms with Crippen molar-refractivity contribution in [3.63, 3.8) is 0 Å². The van der Waals surface area contributed by atoms with E-state index in [4.69, 9.17) is 37.4 Å². The van der Waals surface area contributed by atoms with Crippen LogP contribution >= 0.6 is 23.2 Å². The molecular formula is C18H19Cl2NO5. The van der Waals surface area contributed by atoms with Crippen molar-refractivity contribution in [3.05, 3.63) is 57.4 Å². The molecule has 1 aromatic carbocycles. The van der Waals surface area contributed by atoms with Crippen LogP contribution in [0.15, 0.2) is 41.7 Å². The van der Waals surface area contributed by atoms with Gasteiger partial charge in [0.05, 0.1) is 47.9 Å². The fourth-order valence-electron chi connectivity index (χ4n) is 2.69. The van der Waals surface area contributed by atoms with E-state index in [0.717, 1.165) is 0 Å². The zero-order valence-electron chi connectivity index (χ0n) is 14.6. The number of esters is 2. The minimum absolute atomic E-state index is 0.246. The minimum Gasteiger partial charge on any atom is -0.466 e. The van der Waals surface area contributed by atoms with Crippen molar-refractivity contribution < 1.29 is 23.8 Å². The van der Waals surface area contributed by atoms with Crippen molar-refractivity contribution in [1.82, 2.24) is 4.90 Å². The van der Waals surface area contributed by atoms with Crippen molar-refractivity contribution in [2.75, 3.05) is 34.5 Å². The molecule has 0 aliphatic carbocycles. The van der Waals surface area contributed by atoms with Gasteiger partial charge < -0.3 is 19.1 Å². The van der Waals surface area contributed by atoms with Crippen LogP contribution in [0.25, 0.3) is 0 Å². The first-order valence-electron chi connectivity index (χ1n) is 7.73. The van der Waals surface area contributed by atoms with Gasteiger partial charge in [0, 0.05) is 26.1 Å². The summed E-state index contributed by atoms with van der Waals surface area (Å²) in [5.74, 6) is -1.93. The SMILES string of the molecule is COCCN1C=C(C(=O)OC)C(c2cccc(Cl)c2Cl)C(C(=O)OC)=C1. The predicted octanol–water partition coefficient (Wildman–Crippen LogP) is 3.15. The number of methoxy groups -OCH3 is 3. The lowest BCUT2D eigenvalue weighted by Crippen LogP contribution is -2.30. The normalized spacial score (nSPS) is 14.6. The number of carbonyl (C=O) groups is 2. The van der Waals surface area contributed by atoms with Crippen molar-refractivity contribution in [3.8, 4) is 0 Å². The average Bonchev–Trinajstić information content (AvgIpc) is 2.66. The Balaban J connectivity index is 2.62. The average molecular weight is 400 g/mol. The maximum Gasteiger partial charge on any atom is 0.336 e. The highest BCUT2D eigenvalue weighted by molar-refractivity contribution is 6.42. The van der Waals surface area contributed by atoms with E-state index < -0.39 is 17.9 Å². The third-order valence-corrected chi connectivity index (χ3v) is 4.75. The Labute approximate surface area is 161 Å². The molecule has 0 fully saturated rings. The van der Waals surface area contributed by atoms with Gasteiger partial charge in [0.25, 0.3) is 0 Å². The molecule has 1 aliphatic heterocycles. The van der Waals surface area contributed by atoms with E-state index in [-0.39, 0.29) is 16.2 Å². The third kappa shape index (κ3) is 4.20. The van der Waals surface area contributed by atoms with Gasteiger partial charge in [-0.05, 0) is 11.6 Å². The summed E-state index contributed by atoms with van der Waals surface area (Å²) in [6.45, 7) is 0.839. The van der Waals surface area contributed by atoms with Gasteiger partial charge in [-0.25, -0.2) is 9.59 Å². The maximum atomic E-state index is 12.4. The first-order chi connectivity index (χ1) is 12.4. The van der Waals surface area contributed by atoms with Crippen LogP contribution in [-0.2, 0) is 23.8 Å². The van der Waals surface area contributed by atoms with E-state index >= 15 is 0 Å². The molecule has 1 aliphatic rings. The number of hydrogen-bond acceptors (Lipinski definition) is 6. The molecule has 1 aromatic rings. The van der Waals surface area contributed by atoms with Crippen LogP contribution in [0, 0.1) is 0 Å². The van der Waals surface area contributed by atoms with Gasteiger partial charge in [-0.2, -0.15) is 0 Å². The van der Waals surface area contributed by atoms with Gasteiger partial charge in [0.1, 0.15) is 0 Å². The van der Waals surface area contributed by atoms with E-state index in [1.54, 1.807) is 42.6 Å². The molecule has 0 N–H and O–H groups in total. The molecule has 1 heterocycles. The van der Waals surface area contributed by atoms with Crippen LogP contribution < -0.4 is 0 Å². The maximum absolute atomic E-state index is 12.4. The molecule has 0 amide bonds. The second-order valence-corrected chi connectivity index (χ2v) is 6.24. The van der Waals surface area contributed by atoms with Crippen molar-refractivity contribution in [1.29, 1.82) is 0 Å². The van der Waals surface area contributed by atoms with Crippen LogP contribution in [0.5, 0.6) is 0 Å². The van der Waals surface area contributed by atoms with E-state index in [1.807, 2.05) is 0 Å². The van der Waals surface area contributed by atoms with Crippen molar-refractivity contribution >= 4 is 35.1 Å². The topological polar surface area (TPSA) is 65.1 Å². The summed E-state index contributed by atoms with van der Waals surface area (Å²) in [4.78, 5) is 26.5. The summed E-state index contributed by atoms with van der Waals surface area (Å²) in [5, 5.41) is 0.577. The molecule has 8 heteroatoms. The summed E-state index contributed by atoms with van der Waals surface area (Å²) >= 11 is 12.5. The molecule has 0 spiro atoms. The first kappa shape index (κ1) is 20.3. The smallest absolute Gasteiger partial charge is 0.336 e. The monoisotopic (exact) mass is 399 g/mol. The van der Waals surface area contributed by atoms with Gasteiger partial charge in [-0.15, -0.1) is 0 Å². The first-order valence-corrected chi connectivity index (χ1v) is 8.48. The summed E-state index contributed by atoms with van der Waals surface area (Å²) in [6, 6.07) is 5.03. The molecule has 6 nitrogen and oxygen atoms in total. The molecule has 0 saturated carbocycles. The Morgan fingerprint density at radius 3 is 2.12 bits per heavy atom. The lowest BCUT2D eigenvalue weighted by atomic mass is 9.83. The van der Waals surface area contributed by atoms with E-state index in [0.29, 0.717) is 23.7 Å². The minimum atomic E-state index is -0.764. The molecule has 0 saturated heterocycles. The number of carbonyl (C=O) groups excluding carboxylic acids is 2. The standard InChI is InChI=1S/C18H19Cl2NO5/c1-24-8-7-21-9-12(17(22)25-2)15(13(10-21)18(23)26-3)11-5-4-6-14(19)16(11)20/h4-6,9-10,15H,7-8H2,1-3H3. The van der Waals surface area contributed by atoms with Crippen LogP contribution in [0.2, 0.25) is 10.0 Å². The van der Waals surface area contributed by atoms with Gasteiger partial charge >= 0.3 is 11.9 Å². The molecule has 2 rings (SSSR count). The molecule has 0 radical (unpaired) electrons. The van der Waals surface area contributed by atoms with Gasteiger partial charge in [-0.1, -0.05) is 35.3 Å². The van der Waals surface area contributed by atoms with Crippen molar-refractivity contribution in [2.24, 2.45) is 0 Å². The summed E-state index contributed by atoms with van der Waals surface area (Å²) in [6.07, 6.45) is 3.22. The van der Waals surface area contributed by atoms with Crippen LogP contribution in [-0.4, -0.2) is 51.3 Å². The van der Waals surface area contributed by atoms with Gasteiger partial charge in [0.15, 0.2) is 0 Å². The van der Waals surface area contributed by atoms with E-state index in [2.05, 4.69) is 0 Å². The van der Waals surface area contributed by atoms with Gasteiger partial charge in [-0.3, -0.25) is 0 Å². The lowest BCUT2D eigenvalue weighted by molar-refractivity contribution is -0.137. The molecule has 0 unspecified atom stereocenters. The molecular weight excluding hydrogens is 381 g/mol. The molecule has 26 heavy (non-hydrogen) atoms. The summed E-state index contributed by atoms with van der Waals surface area (Å²) in [5.41, 5.74) is 1.00. The lowest BCUT2D eigenvalue weighted by Gasteiger charge is -2.30. The largest absolute Gasteiger partial charge is 0.466 e.